The van der Waals surface area contributed by atoms with E-state index in [4.69, 9.17) is 0 Å². The molecule has 14 heteroatoms. The first kappa shape index (κ1) is 23.9. The van der Waals surface area contributed by atoms with Crippen molar-refractivity contribution in [2.75, 3.05) is 22.7 Å². The number of aryl methyl sites for hydroxylation is 1. The van der Waals surface area contributed by atoms with Gasteiger partial charge < -0.3 is 15.5 Å². The van der Waals surface area contributed by atoms with E-state index in [0.717, 1.165) is 18.5 Å². The summed E-state index contributed by atoms with van der Waals surface area (Å²) in [6, 6.07) is 2.93. The molecule has 1 aromatic heterocycles. The monoisotopic (exact) mass is 474 g/mol. The number of sulfonamides is 1. The summed E-state index contributed by atoms with van der Waals surface area (Å²) in [5, 5.41) is 11.2. The summed E-state index contributed by atoms with van der Waals surface area (Å²) >= 11 is 0. The van der Waals surface area contributed by atoms with E-state index in [-0.39, 0.29) is 17.3 Å². The molecule has 1 aliphatic rings. The first-order valence-corrected chi connectivity index (χ1v) is 11.2. The van der Waals surface area contributed by atoms with Gasteiger partial charge in [-0.2, -0.15) is 26.6 Å². The third kappa shape index (κ3) is 4.56. The van der Waals surface area contributed by atoms with E-state index in [1.165, 1.54) is 11.4 Å². The Morgan fingerprint density at radius 2 is 1.97 bits per heavy atom. The van der Waals surface area contributed by atoms with Gasteiger partial charge in [0.05, 0.1) is 5.69 Å². The summed E-state index contributed by atoms with van der Waals surface area (Å²) in [6.45, 7) is 3.26. The van der Waals surface area contributed by atoms with Gasteiger partial charge in [-0.25, -0.2) is 0 Å². The zero-order valence-electron chi connectivity index (χ0n) is 17.6. The minimum atomic E-state index is -5.64. The second-order valence-corrected chi connectivity index (χ2v) is 8.76. The molecule has 0 saturated carbocycles. The Bertz CT molecular complexity index is 1130. The number of fused-ring (bicyclic) bond motifs is 1. The summed E-state index contributed by atoms with van der Waals surface area (Å²) in [5.41, 5.74) is -4.32. The zero-order chi connectivity index (χ0) is 23.7. The molecule has 3 rings (SSSR count). The quantitative estimate of drug-likeness (QED) is 0.418. The number of rotatable bonds is 7. The fraction of sp³-hybridized carbons (Fsp3) is 0.389. The lowest BCUT2D eigenvalue weighted by molar-refractivity contribution is -0.547. The molecular formula is C18H25F3N8O2S. The van der Waals surface area contributed by atoms with E-state index < -0.39 is 15.5 Å². The molecule has 1 aromatic carbocycles. The van der Waals surface area contributed by atoms with Crippen molar-refractivity contribution in [2.24, 2.45) is 17.3 Å². The second-order valence-electron chi connectivity index (χ2n) is 7.08. The van der Waals surface area contributed by atoms with Crippen LogP contribution in [0.3, 0.4) is 0 Å². The molecule has 0 radical (unpaired) electrons. The Morgan fingerprint density at radius 1 is 1.25 bits per heavy atom. The van der Waals surface area contributed by atoms with E-state index >= 15 is 0 Å². The molecule has 0 fully saturated rings. The average molecular weight is 475 g/mol. The van der Waals surface area contributed by atoms with Crippen molar-refractivity contribution in [1.29, 1.82) is 0 Å². The van der Waals surface area contributed by atoms with Gasteiger partial charge in [0.15, 0.2) is 0 Å². The zero-order valence-corrected chi connectivity index (χ0v) is 18.5. The van der Waals surface area contributed by atoms with Crippen molar-refractivity contribution in [3.63, 3.8) is 0 Å². The summed E-state index contributed by atoms with van der Waals surface area (Å²) in [6.07, 6.45) is 1.54. The molecule has 2 aromatic rings. The maximum absolute atomic E-state index is 13.0. The molecule has 0 aliphatic carbocycles. The van der Waals surface area contributed by atoms with Crippen molar-refractivity contribution >= 4 is 44.7 Å². The number of hydrogen-bond donors (Lipinski definition) is 3. The van der Waals surface area contributed by atoms with E-state index in [9.17, 15) is 21.6 Å². The second kappa shape index (κ2) is 9.03. The Kier molecular flexibility index (Phi) is 6.76. The predicted molar refractivity (Wildman–Crippen MR) is 113 cm³/mol. The molecule has 32 heavy (non-hydrogen) atoms. The van der Waals surface area contributed by atoms with Gasteiger partial charge in [0.2, 0.25) is 0 Å². The highest BCUT2D eigenvalue weighted by Crippen LogP contribution is 2.39. The molecule has 176 valence electrons. The van der Waals surface area contributed by atoms with Crippen LogP contribution in [0.4, 0.5) is 47.8 Å². The van der Waals surface area contributed by atoms with Gasteiger partial charge in [-0.1, -0.05) is 0 Å². The molecule has 0 atom stereocenters. The Balaban J connectivity index is 2.10. The maximum Gasteiger partial charge on any atom is 0.516 e. The molecule has 1 aliphatic heterocycles. The highest BCUT2D eigenvalue weighted by Gasteiger charge is 2.46. The van der Waals surface area contributed by atoms with E-state index in [1.807, 2.05) is 11.8 Å². The highest BCUT2D eigenvalue weighted by atomic mass is 32.2. The number of aromatic nitrogens is 2. The molecular weight excluding hydrogens is 449 g/mol. The fourth-order valence-corrected chi connectivity index (χ4v) is 4.06. The first-order valence-electron chi connectivity index (χ1n) is 9.76. The normalized spacial score (nSPS) is 14.8. The largest absolute Gasteiger partial charge is 0.516 e. The molecule has 0 saturated heterocycles. The van der Waals surface area contributed by atoms with Crippen molar-refractivity contribution in [3.05, 3.63) is 31.8 Å². The summed E-state index contributed by atoms with van der Waals surface area (Å²) < 4.78 is 65.8. The summed E-state index contributed by atoms with van der Waals surface area (Å²) in [4.78, 5) is 6.23. The van der Waals surface area contributed by atoms with Crippen LogP contribution in [-0.2, 0) is 23.5 Å². The molecule has 5 N–H and O–H groups in total. The van der Waals surface area contributed by atoms with Gasteiger partial charge in [0.1, 0.15) is 5.69 Å². The number of hydrogen-bond acceptors (Lipinski definition) is 6. The molecule has 0 unspecified atom stereocenters. The predicted octanol–water partition coefficient (Wildman–Crippen LogP) is 1.84. The minimum absolute atomic E-state index is 0.0437. The number of nitrogens with one attached hydrogen (secondary N) is 1. The van der Waals surface area contributed by atoms with E-state index in [1.54, 1.807) is 27.7 Å². The summed E-state index contributed by atoms with van der Waals surface area (Å²) in [5.74, 6) is 1.31. The number of benzene rings is 1. The summed E-state index contributed by atoms with van der Waals surface area (Å²) in [7, 11) is 3.40. The molecule has 0 amide bonds. The molecule has 0 spiro atoms. The lowest BCUT2D eigenvalue weighted by atomic mass is 10.0. The van der Waals surface area contributed by atoms with Crippen LogP contribution >= 0.6 is 0 Å². The smallest absolute Gasteiger partial charge is 0.424 e. The van der Waals surface area contributed by atoms with Crippen molar-refractivity contribution in [1.82, 2.24) is 9.55 Å². The molecule has 10 nitrogen and oxygen atoms in total. The number of nitrogens with two attached hydrogens (primary N) is 2. The van der Waals surface area contributed by atoms with Crippen LogP contribution in [0.2, 0.25) is 0 Å². The number of halogens is 3. The lowest BCUT2D eigenvalue weighted by Gasteiger charge is -2.31. The van der Waals surface area contributed by atoms with Crippen LogP contribution in [0.5, 0.6) is 0 Å². The number of azo groups is 1. The van der Waals surface area contributed by atoms with Crippen LogP contribution in [0.15, 0.2) is 22.4 Å². The van der Waals surface area contributed by atoms with Crippen molar-refractivity contribution < 1.29 is 32.2 Å². The number of imidazole rings is 1. The van der Waals surface area contributed by atoms with Crippen LogP contribution in [-0.4, -0.2) is 36.6 Å². The molecule has 2 heterocycles. The Hall–Kier alpha value is -2.71. The standard InChI is InChI=1S/C18H25F3N8O2S/c1-5-29-8-6-7-11-9-12(13(10-14(11)29)27-32(30,31)18(19,20)21)25-26-17-24-15(22-2)16(23-3)28(17)4/h9-10,27H,2-3,5-8,22-23H2,1,4H3/b26-25+. The van der Waals surface area contributed by atoms with Gasteiger partial charge in [0, 0.05) is 25.8 Å². The van der Waals surface area contributed by atoms with Gasteiger partial charge in [-0.3, -0.25) is 9.29 Å². The fourth-order valence-electron chi connectivity index (χ4n) is 3.49. The average Bonchev–Trinajstić information content (AvgIpc) is 3.05. The third-order valence-corrected chi connectivity index (χ3v) is 6.22. The Labute approximate surface area is 184 Å². The first-order chi connectivity index (χ1) is 15.0. The van der Waals surface area contributed by atoms with Crippen LogP contribution in [0.1, 0.15) is 18.9 Å². The van der Waals surface area contributed by atoms with Gasteiger partial charge in [0.25, 0.3) is 17.6 Å². The number of alkyl halides is 3. The van der Waals surface area contributed by atoms with Gasteiger partial charge >= 0.3 is 15.5 Å². The number of nitrogens with zero attached hydrogens (tertiary/aromatic N) is 5. The number of anilines is 2. The van der Waals surface area contributed by atoms with E-state index in [2.05, 4.69) is 29.3 Å². The maximum atomic E-state index is 13.0. The van der Waals surface area contributed by atoms with Gasteiger partial charge in [-0.05, 0) is 37.5 Å². The lowest BCUT2D eigenvalue weighted by Crippen LogP contribution is -2.77. The minimum Gasteiger partial charge on any atom is -0.424 e. The number of quaternary nitrogens is 2. The van der Waals surface area contributed by atoms with Crippen molar-refractivity contribution in [2.45, 2.75) is 25.3 Å². The van der Waals surface area contributed by atoms with Crippen LogP contribution in [0, 0.1) is 14.1 Å². The molecule has 0 bridgehead atoms. The van der Waals surface area contributed by atoms with E-state index in [0.29, 0.717) is 30.3 Å². The SMILES string of the molecule is [CH2-][NH2+]c1nc(/N=N/c2cc3c(cc2NS(=O)(=O)C(F)(F)F)N(CC)CCC3)n(C)c1[NH2+][CH2-]. The van der Waals surface area contributed by atoms with Crippen LogP contribution < -0.4 is 20.3 Å². The highest BCUT2D eigenvalue weighted by molar-refractivity contribution is 7.93. The third-order valence-electron chi connectivity index (χ3n) is 5.12. The van der Waals surface area contributed by atoms with Gasteiger partial charge in [-0.15, -0.1) is 24.3 Å². The Morgan fingerprint density at radius 3 is 2.53 bits per heavy atom. The van der Waals surface area contributed by atoms with Crippen LogP contribution in [0.25, 0.3) is 0 Å². The topological polar surface area (TPSA) is 125 Å². The van der Waals surface area contributed by atoms with Crippen molar-refractivity contribution in [3.8, 4) is 0 Å².